The van der Waals surface area contributed by atoms with Crippen LogP contribution in [0.4, 0.5) is 5.82 Å². The molecule has 1 aliphatic rings. The summed E-state index contributed by atoms with van der Waals surface area (Å²) < 4.78 is 4.96. The Kier molecular flexibility index (Phi) is 6.75. The van der Waals surface area contributed by atoms with Crippen LogP contribution in [0.15, 0.2) is 36.5 Å². The van der Waals surface area contributed by atoms with E-state index in [1.165, 1.54) is 6.20 Å². The summed E-state index contributed by atoms with van der Waals surface area (Å²) >= 11 is 11.9. The number of ether oxygens (including phenoxy) is 1. The van der Waals surface area contributed by atoms with Crippen LogP contribution in [0.25, 0.3) is 0 Å². The molecule has 0 N–H and O–H groups in total. The van der Waals surface area contributed by atoms with Crippen LogP contribution in [-0.4, -0.2) is 54.5 Å². The molecule has 0 atom stereocenters. The van der Waals surface area contributed by atoms with E-state index in [-0.39, 0.29) is 11.9 Å². The average molecular weight is 422 g/mol. The monoisotopic (exact) mass is 421 g/mol. The van der Waals surface area contributed by atoms with E-state index in [9.17, 15) is 9.59 Å². The van der Waals surface area contributed by atoms with Gasteiger partial charge in [-0.15, -0.1) is 0 Å². The van der Waals surface area contributed by atoms with Gasteiger partial charge in [-0.25, -0.2) is 9.78 Å². The largest absolute Gasteiger partial charge is 0.462 e. The summed E-state index contributed by atoms with van der Waals surface area (Å²) in [7, 11) is 0. The Bertz CT molecular complexity index is 850. The van der Waals surface area contributed by atoms with Gasteiger partial charge in [0.25, 0.3) is 0 Å². The fourth-order valence-electron chi connectivity index (χ4n) is 3.03. The number of piperazine rings is 1. The zero-order valence-corrected chi connectivity index (χ0v) is 17.0. The molecule has 1 aliphatic heterocycles. The van der Waals surface area contributed by atoms with Crippen molar-refractivity contribution < 1.29 is 14.3 Å². The Morgan fingerprint density at radius 1 is 1.07 bits per heavy atom. The van der Waals surface area contributed by atoms with E-state index < -0.39 is 0 Å². The minimum atomic E-state index is -0.376. The van der Waals surface area contributed by atoms with E-state index in [0.29, 0.717) is 54.8 Å². The number of anilines is 1. The molecule has 0 saturated carbocycles. The topological polar surface area (TPSA) is 62.7 Å². The van der Waals surface area contributed by atoms with Gasteiger partial charge in [0.1, 0.15) is 5.82 Å². The molecule has 8 heteroatoms. The summed E-state index contributed by atoms with van der Waals surface area (Å²) in [6.45, 7) is 4.68. The molecule has 0 unspecified atom stereocenters. The van der Waals surface area contributed by atoms with E-state index in [4.69, 9.17) is 27.9 Å². The van der Waals surface area contributed by atoms with Gasteiger partial charge in [-0.05, 0) is 36.8 Å². The lowest BCUT2D eigenvalue weighted by atomic mass is 10.1. The molecule has 0 aliphatic carbocycles. The maximum Gasteiger partial charge on any atom is 0.339 e. The first-order valence-electron chi connectivity index (χ1n) is 9.07. The first-order valence-corrected chi connectivity index (χ1v) is 9.83. The second-order valence-electron chi connectivity index (χ2n) is 6.42. The van der Waals surface area contributed by atoms with Crippen molar-refractivity contribution >= 4 is 40.9 Å². The Balaban J connectivity index is 1.54. The SMILES string of the molecule is CCOC(=O)c1ccc(N2CCN(C(=O)Cc3ccc(Cl)c(Cl)c3)CC2)nc1. The van der Waals surface area contributed by atoms with Gasteiger partial charge in [0, 0.05) is 32.4 Å². The lowest BCUT2D eigenvalue weighted by molar-refractivity contribution is -0.130. The third kappa shape index (κ3) is 4.94. The summed E-state index contributed by atoms with van der Waals surface area (Å²) in [4.78, 5) is 32.5. The Hall–Kier alpha value is -2.31. The molecule has 28 heavy (non-hydrogen) atoms. The summed E-state index contributed by atoms with van der Waals surface area (Å²) in [6.07, 6.45) is 1.82. The van der Waals surface area contributed by atoms with Gasteiger partial charge in [-0.2, -0.15) is 0 Å². The maximum atomic E-state index is 12.6. The minimum absolute atomic E-state index is 0.0589. The Labute approximate surface area is 174 Å². The van der Waals surface area contributed by atoms with Crippen LogP contribution >= 0.6 is 23.2 Å². The lowest BCUT2D eigenvalue weighted by Crippen LogP contribution is -2.49. The third-order valence-electron chi connectivity index (χ3n) is 4.55. The number of benzene rings is 1. The summed E-state index contributed by atoms with van der Waals surface area (Å²) in [5, 5.41) is 0.932. The van der Waals surface area contributed by atoms with E-state index in [1.807, 2.05) is 11.0 Å². The number of carbonyl (C=O) groups excluding carboxylic acids is 2. The molecular weight excluding hydrogens is 401 g/mol. The standard InChI is InChI=1S/C20H21Cl2N3O3/c1-2-28-20(27)15-4-6-18(23-13-15)24-7-9-25(10-8-24)19(26)12-14-3-5-16(21)17(22)11-14/h3-6,11,13H,2,7-10,12H2,1H3. The first kappa shape index (κ1) is 20.4. The second kappa shape index (κ2) is 9.26. The molecule has 0 radical (unpaired) electrons. The summed E-state index contributed by atoms with van der Waals surface area (Å²) in [5.41, 5.74) is 1.28. The molecule has 2 aromatic rings. The quantitative estimate of drug-likeness (QED) is 0.691. The predicted molar refractivity (Wildman–Crippen MR) is 109 cm³/mol. The fraction of sp³-hybridized carbons (Fsp3) is 0.350. The second-order valence-corrected chi connectivity index (χ2v) is 7.23. The van der Waals surface area contributed by atoms with Crippen LogP contribution in [-0.2, 0) is 16.0 Å². The first-order chi connectivity index (χ1) is 13.5. The maximum absolute atomic E-state index is 12.6. The summed E-state index contributed by atoms with van der Waals surface area (Å²) in [5.74, 6) is 0.465. The molecule has 1 fully saturated rings. The van der Waals surface area contributed by atoms with Crippen molar-refractivity contribution in [3.63, 3.8) is 0 Å². The molecule has 6 nitrogen and oxygen atoms in total. The normalized spacial score (nSPS) is 14.1. The van der Waals surface area contributed by atoms with Crippen LogP contribution in [0.2, 0.25) is 10.0 Å². The molecule has 0 spiro atoms. The van der Waals surface area contributed by atoms with Gasteiger partial charge in [-0.3, -0.25) is 4.79 Å². The number of pyridine rings is 1. The number of hydrogen-bond acceptors (Lipinski definition) is 5. The van der Waals surface area contributed by atoms with Crippen molar-refractivity contribution in [2.45, 2.75) is 13.3 Å². The van der Waals surface area contributed by atoms with Crippen molar-refractivity contribution in [2.24, 2.45) is 0 Å². The van der Waals surface area contributed by atoms with Gasteiger partial charge in [0.05, 0.1) is 28.6 Å². The number of amides is 1. The molecular formula is C20H21Cl2N3O3. The van der Waals surface area contributed by atoms with Gasteiger partial charge < -0.3 is 14.5 Å². The molecule has 0 bridgehead atoms. The number of halogens is 2. The van der Waals surface area contributed by atoms with E-state index in [1.54, 1.807) is 31.2 Å². The molecule has 1 aromatic carbocycles. The predicted octanol–water partition coefficient (Wildman–Crippen LogP) is 3.46. The van der Waals surface area contributed by atoms with Crippen molar-refractivity contribution in [1.29, 1.82) is 0 Å². The smallest absolute Gasteiger partial charge is 0.339 e. The number of carbonyl (C=O) groups is 2. The highest BCUT2D eigenvalue weighted by molar-refractivity contribution is 6.42. The van der Waals surface area contributed by atoms with Crippen molar-refractivity contribution in [2.75, 3.05) is 37.7 Å². The lowest BCUT2D eigenvalue weighted by Gasteiger charge is -2.35. The van der Waals surface area contributed by atoms with Crippen LogP contribution in [0.1, 0.15) is 22.8 Å². The van der Waals surface area contributed by atoms with Gasteiger partial charge in [-0.1, -0.05) is 29.3 Å². The van der Waals surface area contributed by atoms with Gasteiger partial charge in [0.2, 0.25) is 5.91 Å². The van der Waals surface area contributed by atoms with Crippen molar-refractivity contribution in [3.05, 3.63) is 57.7 Å². The van der Waals surface area contributed by atoms with Crippen LogP contribution in [0.3, 0.4) is 0 Å². The number of nitrogens with zero attached hydrogens (tertiary/aromatic N) is 3. The molecule has 2 heterocycles. The molecule has 1 saturated heterocycles. The molecule has 1 aromatic heterocycles. The number of rotatable bonds is 5. The van der Waals surface area contributed by atoms with Crippen LogP contribution in [0.5, 0.6) is 0 Å². The highest BCUT2D eigenvalue weighted by Crippen LogP contribution is 2.23. The zero-order valence-electron chi connectivity index (χ0n) is 15.5. The molecule has 148 valence electrons. The van der Waals surface area contributed by atoms with E-state index in [0.717, 1.165) is 11.4 Å². The van der Waals surface area contributed by atoms with E-state index >= 15 is 0 Å². The minimum Gasteiger partial charge on any atom is -0.462 e. The Morgan fingerprint density at radius 3 is 2.43 bits per heavy atom. The van der Waals surface area contributed by atoms with Gasteiger partial charge >= 0.3 is 5.97 Å². The van der Waals surface area contributed by atoms with E-state index in [2.05, 4.69) is 9.88 Å². The average Bonchev–Trinajstić information content (AvgIpc) is 2.71. The zero-order chi connectivity index (χ0) is 20.1. The molecule has 1 amide bonds. The number of aromatic nitrogens is 1. The van der Waals surface area contributed by atoms with Crippen LogP contribution in [0, 0.1) is 0 Å². The highest BCUT2D eigenvalue weighted by Gasteiger charge is 2.22. The van der Waals surface area contributed by atoms with Crippen LogP contribution < -0.4 is 4.90 Å². The van der Waals surface area contributed by atoms with Gasteiger partial charge in [0.15, 0.2) is 0 Å². The number of esters is 1. The fourth-order valence-corrected chi connectivity index (χ4v) is 3.35. The highest BCUT2D eigenvalue weighted by atomic mass is 35.5. The van der Waals surface area contributed by atoms with Crippen molar-refractivity contribution in [3.8, 4) is 0 Å². The summed E-state index contributed by atoms with van der Waals surface area (Å²) in [6, 6.07) is 8.77. The third-order valence-corrected chi connectivity index (χ3v) is 5.29. The Morgan fingerprint density at radius 2 is 1.82 bits per heavy atom. The van der Waals surface area contributed by atoms with Crippen molar-refractivity contribution in [1.82, 2.24) is 9.88 Å². The molecule has 3 rings (SSSR count). The number of hydrogen-bond donors (Lipinski definition) is 0.